The molecule has 0 aliphatic carbocycles. The van der Waals surface area contributed by atoms with Crippen molar-refractivity contribution in [3.05, 3.63) is 47.1 Å². The Morgan fingerprint density at radius 3 is 2.75 bits per heavy atom. The zero-order valence-corrected chi connectivity index (χ0v) is 10.8. The van der Waals surface area contributed by atoms with Crippen molar-refractivity contribution >= 4 is 0 Å². The van der Waals surface area contributed by atoms with Gasteiger partial charge in [0.2, 0.25) is 5.89 Å². The van der Waals surface area contributed by atoms with E-state index in [4.69, 9.17) is 10.3 Å². The Labute approximate surface area is 113 Å². The first kappa shape index (κ1) is 14.5. The highest BCUT2D eigenvalue weighted by Gasteiger charge is 2.30. The third kappa shape index (κ3) is 3.36. The molecule has 0 aliphatic heterocycles. The highest BCUT2D eigenvalue weighted by molar-refractivity contribution is 5.27. The minimum absolute atomic E-state index is 0.0715. The van der Waals surface area contributed by atoms with Crippen molar-refractivity contribution in [1.29, 1.82) is 0 Å². The molecule has 7 heteroatoms. The lowest BCUT2D eigenvalue weighted by molar-refractivity contribution is -0.137. The molecule has 2 rings (SSSR count). The van der Waals surface area contributed by atoms with E-state index in [1.54, 1.807) is 6.07 Å². The Kier molecular flexibility index (Phi) is 4.08. The van der Waals surface area contributed by atoms with Gasteiger partial charge >= 0.3 is 6.18 Å². The summed E-state index contributed by atoms with van der Waals surface area (Å²) in [6, 6.07) is 5.07. The Bertz CT molecular complexity index is 580. The van der Waals surface area contributed by atoms with Gasteiger partial charge in [-0.05, 0) is 11.6 Å². The highest BCUT2D eigenvalue weighted by atomic mass is 19.4. The minimum Gasteiger partial charge on any atom is -0.339 e. The number of hydrogen-bond acceptors (Lipinski definition) is 4. The topological polar surface area (TPSA) is 64.9 Å². The lowest BCUT2D eigenvalue weighted by atomic mass is 10.1. The molecule has 108 valence electrons. The molecule has 1 aromatic heterocycles. The average Bonchev–Trinajstić information content (AvgIpc) is 2.85. The molecule has 2 N–H and O–H groups in total. The van der Waals surface area contributed by atoms with E-state index in [9.17, 15) is 13.2 Å². The van der Waals surface area contributed by atoms with Gasteiger partial charge in [0.25, 0.3) is 0 Å². The summed E-state index contributed by atoms with van der Waals surface area (Å²) in [5.74, 6) is 0.673. The fourth-order valence-electron chi connectivity index (χ4n) is 1.68. The first-order valence-electron chi connectivity index (χ1n) is 6.09. The predicted octanol–water partition coefficient (Wildman–Crippen LogP) is 2.74. The maximum absolute atomic E-state index is 12.6. The number of halogens is 3. The monoisotopic (exact) mass is 285 g/mol. The maximum Gasteiger partial charge on any atom is 0.416 e. The van der Waals surface area contributed by atoms with Crippen LogP contribution in [0.3, 0.4) is 0 Å². The van der Waals surface area contributed by atoms with Gasteiger partial charge in [0, 0.05) is 18.9 Å². The smallest absolute Gasteiger partial charge is 0.339 e. The third-order valence-electron chi connectivity index (χ3n) is 2.88. The molecule has 0 aliphatic rings. The van der Waals surface area contributed by atoms with Gasteiger partial charge in [0.05, 0.1) is 5.56 Å². The summed E-state index contributed by atoms with van der Waals surface area (Å²) in [5.41, 5.74) is 5.27. The molecule has 0 saturated carbocycles. The minimum atomic E-state index is -4.35. The van der Waals surface area contributed by atoms with Crippen LogP contribution in [0.1, 0.15) is 35.7 Å². The van der Waals surface area contributed by atoms with E-state index in [0.717, 1.165) is 12.1 Å². The van der Waals surface area contributed by atoms with Crippen LogP contribution in [0.5, 0.6) is 0 Å². The Hall–Kier alpha value is -1.89. The molecular weight excluding hydrogens is 271 g/mol. The molecule has 1 atom stereocenters. The number of alkyl halides is 3. The number of hydrogen-bond donors (Lipinski definition) is 1. The van der Waals surface area contributed by atoms with Gasteiger partial charge in [0.1, 0.15) is 0 Å². The van der Waals surface area contributed by atoms with Crippen LogP contribution < -0.4 is 5.73 Å². The van der Waals surface area contributed by atoms with Crippen molar-refractivity contribution in [1.82, 2.24) is 10.1 Å². The van der Waals surface area contributed by atoms with Gasteiger partial charge in [-0.15, -0.1) is 0 Å². The summed E-state index contributed by atoms with van der Waals surface area (Å²) >= 11 is 0. The Morgan fingerprint density at radius 2 is 2.10 bits per heavy atom. The summed E-state index contributed by atoms with van der Waals surface area (Å²) in [5, 5.41) is 3.75. The van der Waals surface area contributed by atoms with Crippen molar-refractivity contribution in [2.75, 3.05) is 6.54 Å². The molecule has 2 aromatic rings. The second-order valence-electron chi connectivity index (χ2n) is 4.56. The Morgan fingerprint density at radius 1 is 1.35 bits per heavy atom. The van der Waals surface area contributed by atoms with Crippen LogP contribution in [0, 0.1) is 0 Å². The molecule has 1 unspecified atom stereocenters. The number of rotatable bonds is 4. The van der Waals surface area contributed by atoms with Crippen molar-refractivity contribution < 1.29 is 17.7 Å². The van der Waals surface area contributed by atoms with Crippen LogP contribution in [0.4, 0.5) is 13.2 Å². The molecule has 0 bridgehead atoms. The molecule has 1 aromatic carbocycles. The van der Waals surface area contributed by atoms with Crippen LogP contribution >= 0.6 is 0 Å². The first-order chi connectivity index (χ1) is 9.40. The molecule has 0 radical (unpaired) electrons. The van der Waals surface area contributed by atoms with Crippen LogP contribution in [0.2, 0.25) is 0 Å². The molecule has 0 saturated heterocycles. The van der Waals surface area contributed by atoms with E-state index in [1.807, 2.05) is 6.92 Å². The largest absolute Gasteiger partial charge is 0.416 e. The van der Waals surface area contributed by atoms with Crippen molar-refractivity contribution in [3.8, 4) is 0 Å². The summed E-state index contributed by atoms with van der Waals surface area (Å²) in [6.07, 6.45) is -4.17. The third-order valence-corrected chi connectivity index (χ3v) is 2.88. The first-order valence-corrected chi connectivity index (χ1v) is 6.09. The lowest BCUT2D eigenvalue weighted by Crippen LogP contribution is -2.09. The molecule has 20 heavy (non-hydrogen) atoms. The van der Waals surface area contributed by atoms with Gasteiger partial charge in [0.15, 0.2) is 5.82 Å². The quantitative estimate of drug-likeness (QED) is 0.938. The summed E-state index contributed by atoms with van der Waals surface area (Å²) in [4.78, 5) is 4.13. The van der Waals surface area contributed by atoms with Gasteiger partial charge in [-0.25, -0.2) is 0 Å². The summed E-state index contributed by atoms with van der Waals surface area (Å²) in [7, 11) is 0. The van der Waals surface area contributed by atoms with Crippen molar-refractivity contribution in [3.63, 3.8) is 0 Å². The van der Waals surface area contributed by atoms with Crippen LogP contribution in [-0.2, 0) is 12.6 Å². The second-order valence-corrected chi connectivity index (χ2v) is 4.56. The lowest BCUT2D eigenvalue weighted by Gasteiger charge is -2.07. The van der Waals surface area contributed by atoms with E-state index < -0.39 is 11.7 Å². The van der Waals surface area contributed by atoms with Crippen molar-refractivity contribution in [2.45, 2.75) is 25.4 Å². The van der Waals surface area contributed by atoms with E-state index in [1.165, 1.54) is 6.07 Å². The van der Waals surface area contributed by atoms with E-state index >= 15 is 0 Å². The zero-order valence-electron chi connectivity index (χ0n) is 10.8. The number of nitrogens with zero attached hydrogens (tertiary/aromatic N) is 2. The summed E-state index contributed by atoms with van der Waals surface area (Å²) in [6.45, 7) is 2.20. The van der Waals surface area contributed by atoms with E-state index in [2.05, 4.69) is 10.1 Å². The van der Waals surface area contributed by atoms with Crippen LogP contribution in [0.25, 0.3) is 0 Å². The normalized spacial score (nSPS) is 13.4. The summed E-state index contributed by atoms with van der Waals surface area (Å²) < 4.78 is 42.8. The molecule has 4 nitrogen and oxygen atoms in total. The molecule has 1 heterocycles. The number of aromatic nitrogens is 2. The average molecular weight is 285 g/mol. The SMILES string of the molecule is CC(CN)c1nc(Cc2cccc(C(F)(F)F)c2)no1. The number of benzene rings is 1. The van der Waals surface area contributed by atoms with Gasteiger partial charge in [-0.2, -0.15) is 18.2 Å². The molecular formula is C13H14F3N3O. The van der Waals surface area contributed by atoms with Crippen LogP contribution in [-0.4, -0.2) is 16.7 Å². The highest BCUT2D eigenvalue weighted by Crippen LogP contribution is 2.29. The molecule has 0 amide bonds. The van der Waals surface area contributed by atoms with E-state index in [0.29, 0.717) is 23.8 Å². The molecule has 0 fully saturated rings. The Balaban J connectivity index is 2.16. The fourth-order valence-corrected chi connectivity index (χ4v) is 1.68. The van der Waals surface area contributed by atoms with E-state index in [-0.39, 0.29) is 12.3 Å². The predicted molar refractivity (Wildman–Crippen MR) is 66.0 cm³/mol. The molecule has 0 spiro atoms. The fraction of sp³-hybridized carbons (Fsp3) is 0.385. The standard InChI is InChI=1S/C13H14F3N3O/c1-8(7-17)12-18-11(19-20-12)6-9-3-2-4-10(5-9)13(14,15)16/h2-5,8H,6-7,17H2,1H3. The van der Waals surface area contributed by atoms with Gasteiger partial charge in [-0.3, -0.25) is 0 Å². The zero-order chi connectivity index (χ0) is 14.8. The second kappa shape index (κ2) is 5.62. The maximum atomic E-state index is 12.6. The van der Waals surface area contributed by atoms with Gasteiger partial charge in [-0.1, -0.05) is 30.3 Å². The van der Waals surface area contributed by atoms with Crippen molar-refractivity contribution in [2.24, 2.45) is 5.73 Å². The van der Waals surface area contributed by atoms with Crippen LogP contribution in [0.15, 0.2) is 28.8 Å². The number of nitrogens with two attached hydrogens (primary N) is 1. The van der Waals surface area contributed by atoms with Gasteiger partial charge < -0.3 is 10.3 Å².